The van der Waals surface area contributed by atoms with Crippen LogP contribution in [-0.4, -0.2) is 18.7 Å². The third-order valence-electron chi connectivity index (χ3n) is 5.05. The van der Waals surface area contributed by atoms with Crippen LogP contribution in [0.4, 0.5) is 0 Å². The Morgan fingerprint density at radius 2 is 1.90 bits per heavy atom. The molecule has 152 valence electrons. The molecule has 0 N–H and O–H groups in total. The van der Waals surface area contributed by atoms with E-state index >= 15 is 0 Å². The molecule has 4 rings (SSSR count). The second-order valence-corrected chi connectivity index (χ2v) is 7.11. The second-order valence-electron chi connectivity index (χ2n) is 7.11. The normalized spacial score (nSPS) is 11.1. The van der Waals surface area contributed by atoms with Crippen LogP contribution in [0.1, 0.15) is 36.7 Å². The second kappa shape index (κ2) is 8.25. The molecule has 0 aliphatic heterocycles. The zero-order valence-electron chi connectivity index (χ0n) is 16.6. The van der Waals surface area contributed by atoms with Crippen LogP contribution in [0.15, 0.2) is 63.0 Å². The molecule has 0 amide bonds. The molecule has 0 saturated carbocycles. The van der Waals surface area contributed by atoms with Gasteiger partial charge in [-0.2, -0.15) is 5.26 Å². The number of fused-ring (bicyclic) bond motifs is 1. The van der Waals surface area contributed by atoms with Crippen molar-refractivity contribution < 1.29 is 4.42 Å². The molecule has 8 heteroatoms. The molecule has 3 heterocycles. The number of aromatic nitrogens is 4. The molecule has 0 radical (unpaired) electrons. The topological polar surface area (TPSA) is 98.7 Å². The molecule has 0 spiro atoms. The van der Waals surface area contributed by atoms with Crippen LogP contribution in [-0.2, 0) is 19.6 Å². The zero-order valence-corrected chi connectivity index (χ0v) is 16.6. The summed E-state index contributed by atoms with van der Waals surface area (Å²) < 4.78 is 9.93. The van der Waals surface area contributed by atoms with E-state index in [0.29, 0.717) is 35.6 Å². The van der Waals surface area contributed by atoms with Crippen LogP contribution in [0.5, 0.6) is 0 Å². The number of furan rings is 1. The van der Waals surface area contributed by atoms with E-state index in [2.05, 4.69) is 11.1 Å². The SMILES string of the molecule is CCCCn1c(=O)n(Cc2ccc(C#N)cc2)c(=O)c2c1ncn2Cc1ccco1. The Morgan fingerprint density at radius 1 is 1.10 bits per heavy atom. The smallest absolute Gasteiger partial charge is 0.333 e. The Morgan fingerprint density at radius 3 is 2.57 bits per heavy atom. The van der Waals surface area contributed by atoms with Crippen LogP contribution in [0.2, 0.25) is 0 Å². The Labute approximate surface area is 172 Å². The van der Waals surface area contributed by atoms with Crippen molar-refractivity contribution in [2.45, 2.75) is 39.4 Å². The first kappa shape index (κ1) is 19.5. The summed E-state index contributed by atoms with van der Waals surface area (Å²) in [4.78, 5) is 30.9. The van der Waals surface area contributed by atoms with Gasteiger partial charge >= 0.3 is 5.69 Å². The van der Waals surface area contributed by atoms with E-state index in [1.165, 1.54) is 4.57 Å². The lowest BCUT2D eigenvalue weighted by atomic mass is 10.1. The minimum atomic E-state index is -0.392. The monoisotopic (exact) mass is 403 g/mol. The molecule has 8 nitrogen and oxygen atoms in total. The van der Waals surface area contributed by atoms with Crippen molar-refractivity contribution in [1.29, 1.82) is 5.26 Å². The van der Waals surface area contributed by atoms with Crippen LogP contribution in [0, 0.1) is 11.3 Å². The Bertz CT molecular complexity index is 1320. The maximum Gasteiger partial charge on any atom is 0.333 e. The van der Waals surface area contributed by atoms with Crippen LogP contribution in [0.25, 0.3) is 11.2 Å². The van der Waals surface area contributed by atoms with E-state index in [1.807, 2.05) is 13.0 Å². The Kier molecular flexibility index (Phi) is 5.35. The summed E-state index contributed by atoms with van der Waals surface area (Å²) >= 11 is 0. The summed E-state index contributed by atoms with van der Waals surface area (Å²) in [6.07, 6.45) is 4.86. The average Bonchev–Trinajstić information content (AvgIpc) is 3.42. The molecular weight excluding hydrogens is 382 g/mol. The highest BCUT2D eigenvalue weighted by Gasteiger charge is 2.18. The van der Waals surface area contributed by atoms with Crippen molar-refractivity contribution in [3.63, 3.8) is 0 Å². The van der Waals surface area contributed by atoms with Gasteiger partial charge in [-0.15, -0.1) is 0 Å². The van der Waals surface area contributed by atoms with Crippen LogP contribution < -0.4 is 11.2 Å². The number of imidazole rings is 1. The van der Waals surface area contributed by atoms with Gasteiger partial charge in [-0.05, 0) is 36.2 Å². The van der Waals surface area contributed by atoms with Gasteiger partial charge in [0.25, 0.3) is 5.56 Å². The van der Waals surface area contributed by atoms with Gasteiger partial charge in [0.15, 0.2) is 11.2 Å². The number of nitriles is 1. The number of rotatable bonds is 7. The highest BCUT2D eigenvalue weighted by atomic mass is 16.3. The summed E-state index contributed by atoms with van der Waals surface area (Å²) in [5, 5.41) is 8.98. The van der Waals surface area contributed by atoms with Crippen LogP contribution >= 0.6 is 0 Å². The largest absolute Gasteiger partial charge is 0.467 e. The summed E-state index contributed by atoms with van der Waals surface area (Å²) in [6, 6.07) is 12.5. The Balaban J connectivity index is 1.86. The standard InChI is InChI=1S/C22H21N5O3/c1-2-3-10-26-20-19(25(15-24-20)14-18-5-4-11-30-18)21(28)27(22(26)29)13-17-8-6-16(12-23)7-9-17/h4-9,11,15H,2-3,10,13-14H2,1H3. The highest BCUT2D eigenvalue weighted by molar-refractivity contribution is 5.70. The quantitative estimate of drug-likeness (QED) is 0.472. The van der Waals surface area contributed by atoms with Gasteiger partial charge in [-0.1, -0.05) is 25.5 Å². The lowest BCUT2D eigenvalue weighted by molar-refractivity contribution is 0.495. The first-order valence-electron chi connectivity index (χ1n) is 9.82. The first-order chi connectivity index (χ1) is 14.6. The summed E-state index contributed by atoms with van der Waals surface area (Å²) in [5.41, 5.74) is 1.28. The molecule has 4 aromatic rings. The molecule has 0 aliphatic rings. The molecule has 0 unspecified atom stereocenters. The minimum Gasteiger partial charge on any atom is -0.467 e. The molecule has 0 aliphatic carbocycles. The average molecular weight is 403 g/mol. The van der Waals surface area contributed by atoms with E-state index in [4.69, 9.17) is 9.68 Å². The Hall–Kier alpha value is -3.86. The number of aryl methyl sites for hydroxylation is 1. The van der Waals surface area contributed by atoms with Gasteiger partial charge in [0, 0.05) is 6.54 Å². The zero-order chi connectivity index (χ0) is 21.1. The number of benzene rings is 1. The third kappa shape index (κ3) is 3.57. The van der Waals surface area contributed by atoms with Crippen molar-refractivity contribution in [3.05, 3.63) is 86.7 Å². The highest BCUT2D eigenvalue weighted by Crippen LogP contribution is 2.12. The van der Waals surface area contributed by atoms with Gasteiger partial charge in [0.05, 0.1) is 37.3 Å². The first-order valence-corrected chi connectivity index (χ1v) is 9.82. The predicted octanol–water partition coefficient (Wildman–Crippen LogP) is 2.72. The fraction of sp³-hybridized carbons (Fsp3) is 0.273. The summed E-state index contributed by atoms with van der Waals surface area (Å²) in [7, 11) is 0. The van der Waals surface area contributed by atoms with E-state index in [1.54, 1.807) is 52.1 Å². The van der Waals surface area contributed by atoms with Gasteiger partial charge in [-0.25, -0.2) is 9.78 Å². The van der Waals surface area contributed by atoms with E-state index in [0.717, 1.165) is 18.4 Å². The third-order valence-corrected chi connectivity index (χ3v) is 5.05. The van der Waals surface area contributed by atoms with Crippen LogP contribution in [0.3, 0.4) is 0 Å². The minimum absolute atomic E-state index is 0.122. The van der Waals surface area contributed by atoms with E-state index in [-0.39, 0.29) is 12.2 Å². The molecule has 0 bridgehead atoms. The maximum atomic E-state index is 13.3. The lowest BCUT2D eigenvalue weighted by Crippen LogP contribution is -2.41. The van der Waals surface area contributed by atoms with E-state index < -0.39 is 5.56 Å². The predicted molar refractivity (Wildman–Crippen MR) is 111 cm³/mol. The lowest BCUT2D eigenvalue weighted by Gasteiger charge is -2.12. The summed E-state index contributed by atoms with van der Waals surface area (Å²) in [5.74, 6) is 0.693. The van der Waals surface area contributed by atoms with Crippen molar-refractivity contribution in [3.8, 4) is 6.07 Å². The van der Waals surface area contributed by atoms with Crippen molar-refractivity contribution in [2.75, 3.05) is 0 Å². The van der Waals surface area contributed by atoms with Gasteiger partial charge in [-0.3, -0.25) is 13.9 Å². The number of hydrogen-bond donors (Lipinski definition) is 0. The molecule has 30 heavy (non-hydrogen) atoms. The van der Waals surface area contributed by atoms with Gasteiger partial charge in [0.1, 0.15) is 5.76 Å². The van der Waals surface area contributed by atoms with Crippen molar-refractivity contribution in [2.24, 2.45) is 0 Å². The molecule has 0 atom stereocenters. The molecular formula is C22H21N5O3. The number of nitrogens with zero attached hydrogens (tertiary/aromatic N) is 5. The molecule has 1 aromatic carbocycles. The van der Waals surface area contributed by atoms with Gasteiger partial charge < -0.3 is 8.98 Å². The fourth-order valence-corrected chi connectivity index (χ4v) is 3.45. The number of hydrogen-bond acceptors (Lipinski definition) is 5. The molecule has 0 saturated heterocycles. The summed E-state index contributed by atoms with van der Waals surface area (Å²) in [6.45, 7) is 3.00. The van der Waals surface area contributed by atoms with Crippen molar-refractivity contribution >= 4 is 11.2 Å². The van der Waals surface area contributed by atoms with E-state index in [9.17, 15) is 9.59 Å². The number of unbranched alkanes of at least 4 members (excludes halogenated alkanes) is 1. The van der Waals surface area contributed by atoms with Gasteiger partial charge in [0.2, 0.25) is 0 Å². The molecule has 3 aromatic heterocycles. The molecule has 0 fully saturated rings. The maximum absolute atomic E-state index is 13.3. The van der Waals surface area contributed by atoms with Crippen molar-refractivity contribution in [1.82, 2.24) is 18.7 Å². The fourth-order valence-electron chi connectivity index (χ4n) is 3.45.